The van der Waals surface area contributed by atoms with Gasteiger partial charge in [-0.25, -0.2) is 4.79 Å². The first-order chi connectivity index (χ1) is 18.6. The summed E-state index contributed by atoms with van der Waals surface area (Å²) in [6, 6.07) is 12.8. The van der Waals surface area contributed by atoms with Gasteiger partial charge in [0.25, 0.3) is 35.0 Å². The highest BCUT2D eigenvalue weighted by molar-refractivity contribution is 7.71. The highest BCUT2D eigenvalue weighted by Gasteiger charge is 2.38. The third-order valence-electron chi connectivity index (χ3n) is 5.65. The molecular weight excluding hydrogens is 530 g/mol. The molecule has 2 aliphatic rings. The van der Waals surface area contributed by atoms with Gasteiger partial charge >= 0.3 is 5.97 Å². The number of fused-ring (bicyclic) bond motifs is 2. The van der Waals surface area contributed by atoms with Gasteiger partial charge in [-0.3, -0.25) is 48.6 Å². The number of imide groups is 2. The summed E-state index contributed by atoms with van der Waals surface area (Å²) in [5, 5.41) is 6.18. The molecule has 0 unspecified atom stereocenters. The van der Waals surface area contributed by atoms with Crippen LogP contribution in [0, 0.1) is 4.77 Å². The van der Waals surface area contributed by atoms with Gasteiger partial charge in [-0.15, -0.1) is 0 Å². The van der Waals surface area contributed by atoms with Crippen LogP contribution in [0.4, 0.5) is 0 Å². The molecule has 4 amide bonds. The first-order valence-electron chi connectivity index (χ1n) is 11.4. The summed E-state index contributed by atoms with van der Waals surface area (Å²) < 4.78 is 4.61. The Kier molecular flexibility index (Phi) is 7.67. The molecule has 0 saturated heterocycles. The lowest BCUT2D eigenvalue weighted by Crippen LogP contribution is -2.38. The smallest absolute Gasteiger partial charge is 0.376 e. The minimum Gasteiger partial charge on any atom is -0.460 e. The van der Waals surface area contributed by atoms with Crippen LogP contribution in [0.3, 0.4) is 0 Å². The van der Waals surface area contributed by atoms with Gasteiger partial charge in [-0.1, -0.05) is 24.3 Å². The number of hydrogen-bond donors (Lipinski definition) is 2. The minimum atomic E-state index is -1.04. The lowest BCUT2D eigenvalue weighted by Gasteiger charge is -2.11. The van der Waals surface area contributed by atoms with E-state index in [2.05, 4.69) is 19.9 Å². The Balaban J connectivity index is 0.000000181. The van der Waals surface area contributed by atoms with E-state index in [9.17, 15) is 33.6 Å². The van der Waals surface area contributed by atoms with Crippen molar-refractivity contribution in [2.75, 3.05) is 13.2 Å². The zero-order chi connectivity index (χ0) is 28.3. The molecule has 1 aromatic heterocycles. The monoisotopic (exact) mass is 549 g/mol. The van der Waals surface area contributed by atoms with Crippen LogP contribution in [0.15, 0.2) is 53.3 Å². The van der Waals surface area contributed by atoms with Gasteiger partial charge in [-0.05, 0) is 43.4 Å². The van der Waals surface area contributed by atoms with Crippen LogP contribution in [0.2, 0.25) is 0 Å². The summed E-state index contributed by atoms with van der Waals surface area (Å²) in [6.45, 7) is 0.832. The zero-order valence-electron chi connectivity index (χ0n) is 20.3. The van der Waals surface area contributed by atoms with Crippen LogP contribution < -0.4 is 5.56 Å². The first-order valence-corrected chi connectivity index (χ1v) is 11.8. The van der Waals surface area contributed by atoms with Crippen molar-refractivity contribution in [3.8, 4) is 0 Å². The van der Waals surface area contributed by atoms with Crippen molar-refractivity contribution in [3.63, 3.8) is 0 Å². The fourth-order valence-corrected chi connectivity index (χ4v) is 3.95. The van der Waals surface area contributed by atoms with Crippen LogP contribution >= 0.6 is 12.2 Å². The van der Waals surface area contributed by atoms with Crippen molar-refractivity contribution >= 4 is 47.6 Å². The summed E-state index contributed by atoms with van der Waals surface area (Å²) in [7, 11) is 0. The number of ether oxygens (including phenoxy) is 1. The molecule has 0 atom stereocenters. The number of rotatable bonds is 6. The molecule has 3 heterocycles. The van der Waals surface area contributed by atoms with E-state index in [0.717, 1.165) is 9.80 Å². The summed E-state index contributed by atoms with van der Waals surface area (Å²) in [6.07, 6.45) is 0. The second kappa shape index (κ2) is 11.1. The fraction of sp³-hybridized carbons (Fsp3) is 0.160. The van der Waals surface area contributed by atoms with Gasteiger partial charge in [0, 0.05) is 0 Å². The molecule has 3 aromatic rings. The van der Waals surface area contributed by atoms with Crippen molar-refractivity contribution in [3.05, 3.63) is 91.6 Å². The summed E-state index contributed by atoms with van der Waals surface area (Å²) in [4.78, 5) is 86.6. The van der Waals surface area contributed by atoms with Crippen LogP contribution in [0.5, 0.6) is 0 Å². The lowest BCUT2D eigenvalue weighted by molar-refractivity contribution is -0.153. The van der Waals surface area contributed by atoms with Crippen LogP contribution in [0.25, 0.3) is 0 Å². The second-order valence-electron chi connectivity index (χ2n) is 8.08. The predicted octanol–water partition coefficient (Wildman–Crippen LogP) is 1.04. The molecule has 13 nitrogen and oxygen atoms in total. The molecular formula is C25H19N5O8S. The SMILES string of the molecule is CCOC(=O)C(=O)CN1C(=O)c2ccccc2C1=O.O=C1c2ccccc2C(=O)N1Cc1n[nH]c(=S)[nH]c1=O. The quantitative estimate of drug-likeness (QED) is 0.195. The molecule has 2 aliphatic heterocycles. The lowest BCUT2D eigenvalue weighted by atomic mass is 10.1. The standard InChI is InChI=1S/C13H11NO5.C12H8N4O3S/c1-2-19-13(18)10(15)7-14-11(16)8-5-3-4-6-9(8)12(14)17;17-9-8(14-15-12(20)13-9)5-16-10(18)6-3-1-2-4-7(6)11(16)19/h3-6H,2,7H2,1H3;1-4H,5H2,(H2,13,15,17,20). The first kappa shape index (κ1) is 26.9. The number of aromatic nitrogens is 3. The van der Waals surface area contributed by atoms with Gasteiger partial charge in [0.15, 0.2) is 4.77 Å². The average Bonchev–Trinajstić information content (AvgIpc) is 3.31. The molecule has 5 rings (SSSR count). The molecule has 198 valence electrons. The van der Waals surface area contributed by atoms with E-state index < -0.39 is 47.5 Å². The average molecular weight is 550 g/mol. The number of hydrogen-bond acceptors (Lipinski definition) is 10. The number of benzene rings is 2. The van der Waals surface area contributed by atoms with E-state index in [1.54, 1.807) is 43.3 Å². The molecule has 0 aliphatic carbocycles. The number of ketones is 1. The van der Waals surface area contributed by atoms with Crippen molar-refractivity contribution in [1.82, 2.24) is 25.0 Å². The predicted molar refractivity (Wildman–Crippen MR) is 134 cm³/mol. The van der Waals surface area contributed by atoms with E-state index in [0.29, 0.717) is 11.1 Å². The summed E-state index contributed by atoms with van der Waals surface area (Å²) >= 11 is 4.72. The molecule has 2 N–H and O–H groups in total. The van der Waals surface area contributed by atoms with E-state index in [4.69, 9.17) is 12.2 Å². The van der Waals surface area contributed by atoms with Crippen molar-refractivity contribution < 1.29 is 33.5 Å². The largest absolute Gasteiger partial charge is 0.460 e. The Morgan fingerprint density at radius 1 is 0.821 bits per heavy atom. The summed E-state index contributed by atoms with van der Waals surface area (Å²) in [5.74, 6) is -3.98. The third-order valence-corrected chi connectivity index (χ3v) is 5.84. The van der Waals surface area contributed by atoms with E-state index in [1.165, 1.54) is 12.1 Å². The number of Topliss-reactive ketones (excluding diaryl/α,β-unsaturated/α-hetero) is 1. The zero-order valence-corrected chi connectivity index (χ0v) is 21.1. The highest BCUT2D eigenvalue weighted by atomic mass is 32.1. The van der Waals surface area contributed by atoms with Crippen LogP contribution in [0.1, 0.15) is 54.0 Å². The fourth-order valence-electron chi connectivity index (χ4n) is 3.81. The Morgan fingerprint density at radius 3 is 1.72 bits per heavy atom. The van der Waals surface area contributed by atoms with E-state index >= 15 is 0 Å². The third kappa shape index (κ3) is 5.31. The molecule has 2 aromatic carbocycles. The highest BCUT2D eigenvalue weighted by Crippen LogP contribution is 2.23. The van der Waals surface area contributed by atoms with E-state index in [1.807, 2.05) is 0 Å². The van der Waals surface area contributed by atoms with Crippen molar-refractivity contribution in [2.24, 2.45) is 0 Å². The number of H-pyrrole nitrogens is 2. The number of nitrogens with one attached hydrogen (secondary N) is 2. The maximum Gasteiger partial charge on any atom is 0.376 e. The molecule has 0 spiro atoms. The van der Waals surface area contributed by atoms with Crippen LogP contribution in [-0.2, 0) is 20.9 Å². The number of carbonyl (C=O) groups excluding carboxylic acids is 6. The van der Waals surface area contributed by atoms with Gasteiger partial charge in [0.2, 0.25) is 0 Å². The number of aromatic amines is 2. The molecule has 0 bridgehead atoms. The number of amides is 4. The summed E-state index contributed by atoms with van der Waals surface area (Å²) in [5.41, 5.74) is 0.641. The van der Waals surface area contributed by atoms with Gasteiger partial charge < -0.3 is 4.74 Å². The van der Waals surface area contributed by atoms with Gasteiger partial charge in [0.05, 0.1) is 42.0 Å². The van der Waals surface area contributed by atoms with Gasteiger partial charge in [0.1, 0.15) is 5.69 Å². The van der Waals surface area contributed by atoms with E-state index in [-0.39, 0.29) is 34.7 Å². The number of esters is 1. The Bertz CT molecular complexity index is 1590. The topological polar surface area (TPSA) is 180 Å². The Hall–Kier alpha value is -5.11. The number of nitrogens with zero attached hydrogens (tertiary/aromatic N) is 3. The van der Waals surface area contributed by atoms with Crippen LogP contribution in [-0.4, -0.2) is 73.5 Å². The maximum absolute atomic E-state index is 12.1. The Morgan fingerprint density at radius 2 is 1.28 bits per heavy atom. The molecule has 0 radical (unpaired) electrons. The second-order valence-corrected chi connectivity index (χ2v) is 8.49. The maximum atomic E-state index is 12.1. The normalized spacial score (nSPS) is 13.6. The van der Waals surface area contributed by atoms with Crippen molar-refractivity contribution in [2.45, 2.75) is 13.5 Å². The van der Waals surface area contributed by atoms with Crippen molar-refractivity contribution in [1.29, 1.82) is 0 Å². The number of carbonyl (C=O) groups is 6. The van der Waals surface area contributed by atoms with Gasteiger partial charge in [-0.2, -0.15) is 5.10 Å². The molecule has 14 heteroatoms. The molecule has 39 heavy (non-hydrogen) atoms. The molecule has 0 saturated carbocycles. The minimum absolute atomic E-state index is 0.0214. The Labute approximate surface area is 224 Å². The molecule has 0 fully saturated rings.